The number of nitrogens with one attached hydrogen (secondary N) is 1. The van der Waals surface area contributed by atoms with Crippen molar-refractivity contribution in [1.29, 1.82) is 0 Å². The maximum atomic E-state index is 14.1. The molecule has 2 aliphatic rings. The number of halogens is 3. The molecule has 238 valence electrons. The Labute approximate surface area is 256 Å². The van der Waals surface area contributed by atoms with Gasteiger partial charge >= 0.3 is 12.3 Å². The Balaban J connectivity index is 1.30. The fourth-order valence-corrected chi connectivity index (χ4v) is 5.95. The molecule has 44 heavy (non-hydrogen) atoms. The summed E-state index contributed by atoms with van der Waals surface area (Å²) in [6, 6.07) is 8.90. The zero-order chi connectivity index (χ0) is 31.7. The first-order valence-corrected chi connectivity index (χ1v) is 15.2. The molecule has 1 N–H and O–H groups in total. The number of pyridine rings is 1. The van der Waals surface area contributed by atoms with Crippen LogP contribution >= 0.6 is 0 Å². The predicted octanol–water partition coefficient (Wildman–Crippen LogP) is 6.74. The van der Waals surface area contributed by atoms with Crippen LogP contribution in [0.4, 0.5) is 23.7 Å². The minimum absolute atomic E-state index is 0.0383. The molecule has 0 radical (unpaired) electrons. The number of nitrogens with zero attached hydrogens (tertiary/aromatic N) is 4. The van der Waals surface area contributed by atoms with Crippen molar-refractivity contribution in [1.82, 2.24) is 19.7 Å². The number of rotatable bonds is 8. The molecule has 8 nitrogen and oxygen atoms in total. The number of hydrogen-bond donors (Lipinski definition) is 1. The Bertz CT molecular complexity index is 1480. The third kappa shape index (κ3) is 7.61. The smallest absolute Gasteiger partial charge is 0.435 e. The van der Waals surface area contributed by atoms with Crippen molar-refractivity contribution in [2.45, 2.75) is 84.2 Å². The molecule has 3 aromatic rings. The van der Waals surface area contributed by atoms with Crippen LogP contribution in [-0.2, 0) is 40.6 Å². The topological polar surface area (TPSA) is 81.5 Å². The number of anilines is 1. The summed E-state index contributed by atoms with van der Waals surface area (Å²) in [6.45, 7) is 12.6. The molecule has 0 bridgehead atoms. The molecule has 2 aliphatic heterocycles. The van der Waals surface area contributed by atoms with Crippen molar-refractivity contribution in [3.05, 3.63) is 76.4 Å². The lowest BCUT2D eigenvalue weighted by molar-refractivity contribution is -0.138. The highest BCUT2D eigenvalue weighted by atomic mass is 19.4. The molecule has 4 heterocycles. The second-order valence-corrected chi connectivity index (χ2v) is 13.4. The van der Waals surface area contributed by atoms with E-state index < -0.39 is 23.4 Å². The van der Waals surface area contributed by atoms with E-state index in [4.69, 9.17) is 9.47 Å². The summed E-state index contributed by atoms with van der Waals surface area (Å²) in [5, 5.41) is 7.68. The molecule has 0 aliphatic carbocycles. The van der Waals surface area contributed by atoms with Crippen molar-refractivity contribution in [2.75, 3.05) is 31.6 Å². The number of benzene rings is 1. The lowest BCUT2D eigenvalue weighted by atomic mass is 9.74. The third-order valence-corrected chi connectivity index (χ3v) is 8.26. The number of aromatic nitrogens is 3. The second-order valence-electron chi connectivity index (χ2n) is 13.4. The summed E-state index contributed by atoms with van der Waals surface area (Å²) in [7, 11) is 0. The summed E-state index contributed by atoms with van der Waals surface area (Å²) in [4.78, 5) is 19.0. The van der Waals surface area contributed by atoms with Gasteiger partial charge in [-0.2, -0.15) is 23.0 Å². The van der Waals surface area contributed by atoms with E-state index in [1.807, 2.05) is 31.2 Å². The number of alkyl halides is 3. The molecule has 0 amide bonds. The maximum absolute atomic E-state index is 14.1. The quantitative estimate of drug-likeness (QED) is 0.301. The van der Waals surface area contributed by atoms with E-state index >= 15 is 0 Å². The van der Waals surface area contributed by atoms with Gasteiger partial charge in [-0.05, 0) is 87.9 Å². The van der Waals surface area contributed by atoms with Gasteiger partial charge in [0.15, 0.2) is 0 Å². The molecule has 2 aromatic heterocycles. The molecule has 0 unspecified atom stereocenters. The van der Waals surface area contributed by atoms with Gasteiger partial charge in [-0.1, -0.05) is 19.1 Å². The number of hydrogen-bond acceptors (Lipinski definition) is 7. The number of carbonyl (C=O) groups excluding carboxylic acids is 1. The van der Waals surface area contributed by atoms with Gasteiger partial charge in [0.05, 0.1) is 36.7 Å². The first-order valence-electron chi connectivity index (χ1n) is 15.2. The van der Waals surface area contributed by atoms with E-state index in [2.05, 4.69) is 27.2 Å². The maximum Gasteiger partial charge on any atom is 0.435 e. The molecule has 5 rings (SSSR count). The lowest BCUT2D eigenvalue weighted by Gasteiger charge is -2.42. The monoisotopic (exact) mass is 613 g/mol. The standard InChI is InChI=1S/C33H42F3N5O3/c1-22-8-7-11-40(17-22)19-24-12-27(33(34,35)36)29(38-15-24)16-37-26-10-6-9-25(13-26)32(20-43-21-32)14-28-23(2)18-41(39-28)30(42)44-31(3,4)5/h6,9-10,12-13,15,18,22,37H,7-8,11,14,16-17,19-21H2,1-5H3/t22-/m0/s1. The zero-order valence-corrected chi connectivity index (χ0v) is 26.1. The minimum atomic E-state index is -4.51. The van der Waals surface area contributed by atoms with Gasteiger partial charge in [0, 0.05) is 43.0 Å². The first kappa shape index (κ1) is 32.0. The van der Waals surface area contributed by atoms with Crippen molar-refractivity contribution < 1.29 is 27.4 Å². The average molecular weight is 614 g/mol. The van der Waals surface area contributed by atoms with Crippen molar-refractivity contribution in [3.8, 4) is 0 Å². The summed E-state index contributed by atoms with van der Waals surface area (Å²) in [6.07, 6.45) is 0.933. The Morgan fingerprint density at radius 3 is 2.61 bits per heavy atom. The molecule has 1 aromatic carbocycles. The summed E-state index contributed by atoms with van der Waals surface area (Å²) in [5.41, 5.74) is 2.11. The van der Waals surface area contributed by atoms with Crippen molar-refractivity contribution >= 4 is 11.8 Å². The van der Waals surface area contributed by atoms with Gasteiger partial charge in [0.25, 0.3) is 0 Å². The molecule has 0 spiro atoms. The van der Waals surface area contributed by atoms with Crippen LogP contribution in [0.5, 0.6) is 0 Å². The minimum Gasteiger partial charge on any atom is -0.442 e. The van der Waals surface area contributed by atoms with E-state index in [9.17, 15) is 18.0 Å². The summed E-state index contributed by atoms with van der Waals surface area (Å²) < 4.78 is 54.6. The van der Waals surface area contributed by atoms with Gasteiger partial charge < -0.3 is 14.8 Å². The number of ether oxygens (including phenoxy) is 2. The number of carbonyl (C=O) groups is 1. The summed E-state index contributed by atoms with van der Waals surface area (Å²) >= 11 is 0. The zero-order valence-electron chi connectivity index (χ0n) is 26.1. The fourth-order valence-electron chi connectivity index (χ4n) is 5.95. The first-order chi connectivity index (χ1) is 20.7. The predicted molar refractivity (Wildman–Crippen MR) is 161 cm³/mol. The Kier molecular flexibility index (Phi) is 9.09. The average Bonchev–Trinajstić information content (AvgIpc) is 3.29. The summed E-state index contributed by atoms with van der Waals surface area (Å²) in [5.74, 6) is 0.544. The Morgan fingerprint density at radius 1 is 1.18 bits per heavy atom. The van der Waals surface area contributed by atoms with Crippen LogP contribution in [-0.4, -0.2) is 57.7 Å². The molecular weight excluding hydrogens is 571 g/mol. The molecule has 11 heteroatoms. The largest absolute Gasteiger partial charge is 0.442 e. The normalized spacial score (nSPS) is 19.0. The van der Waals surface area contributed by atoms with Crippen LogP contribution in [0.1, 0.15) is 74.2 Å². The van der Waals surface area contributed by atoms with Crippen LogP contribution in [0.3, 0.4) is 0 Å². The van der Waals surface area contributed by atoms with Gasteiger partial charge in [-0.25, -0.2) is 4.79 Å². The molecule has 2 saturated heterocycles. The number of aryl methyl sites for hydroxylation is 1. The van der Waals surface area contributed by atoms with Gasteiger partial charge in [-0.15, -0.1) is 0 Å². The van der Waals surface area contributed by atoms with E-state index in [0.717, 1.165) is 42.8 Å². The Morgan fingerprint density at radius 2 is 1.95 bits per heavy atom. The SMILES string of the molecule is Cc1cn(C(=O)OC(C)(C)C)nc1CC1(c2cccc(NCc3ncc(CN4CCC[C@H](C)C4)cc3C(F)(F)F)c2)COC1. The van der Waals surface area contributed by atoms with Crippen molar-refractivity contribution in [2.24, 2.45) is 5.92 Å². The highest BCUT2D eigenvalue weighted by Crippen LogP contribution is 2.38. The van der Waals surface area contributed by atoms with Gasteiger partial charge in [-0.3, -0.25) is 9.88 Å². The van der Waals surface area contributed by atoms with Crippen LogP contribution < -0.4 is 5.32 Å². The molecule has 1 atom stereocenters. The van der Waals surface area contributed by atoms with Gasteiger partial charge in [0.2, 0.25) is 0 Å². The van der Waals surface area contributed by atoms with Crippen LogP contribution in [0.2, 0.25) is 0 Å². The molecular formula is C33H42F3N5O3. The molecule has 0 saturated carbocycles. The van der Waals surface area contributed by atoms with E-state index in [-0.39, 0.29) is 17.7 Å². The second kappa shape index (κ2) is 12.5. The Hall–Kier alpha value is -3.44. The third-order valence-electron chi connectivity index (χ3n) is 8.26. The van der Waals surface area contributed by atoms with Gasteiger partial charge in [0.1, 0.15) is 5.60 Å². The molecule has 2 fully saturated rings. The fraction of sp³-hybridized carbons (Fsp3) is 0.545. The number of likely N-dealkylation sites (tertiary alicyclic amines) is 1. The lowest BCUT2D eigenvalue weighted by Crippen LogP contribution is -2.48. The van der Waals surface area contributed by atoms with Crippen LogP contribution in [0.15, 0.2) is 42.7 Å². The van der Waals surface area contributed by atoms with E-state index in [0.29, 0.717) is 43.3 Å². The number of piperidine rings is 1. The van der Waals surface area contributed by atoms with E-state index in [1.165, 1.54) is 10.7 Å². The van der Waals surface area contributed by atoms with Crippen LogP contribution in [0, 0.1) is 12.8 Å². The highest BCUT2D eigenvalue weighted by Gasteiger charge is 2.42. The highest BCUT2D eigenvalue weighted by molar-refractivity contribution is 5.70. The van der Waals surface area contributed by atoms with E-state index in [1.54, 1.807) is 33.2 Å². The van der Waals surface area contributed by atoms with Crippen molar-refractivity contribution in [3.63, 3.8) is 0 Å². The van der Waals surface area contributed by atoms with Crippen LogP contribution in [0.25, 0.3) is 0 Å².